The van der Waals surface area contributed by atoms with Crippen molar-refractivity contribution in [1.82, 2.24) is 9.62 Å². The Morgan fingerprint density at radius 2 is 1.90 bits per heavy atom. The Morgan fingerprint density at radius 1 is 1.21 bits per heavy atom. The third kappa shape index (κ3) is 4.29. The van der Waals surface area contributed by atoms with E-state index in [0.717, 1.165) is 34.0 Å². The Bertz CT molecular complexity index is 1000. The first kappa shape index (κ1) is 21.3. The average Bonchev–Trinajstić information content (AvgIpc) is 2.72. The van der Waals surface area contributed by atoms with Gasteiger partial charge in [-0.3, -0.25) is 4.79 Å². The number of nitrogens with zero attached hydrogens (tertiary/aromatic N) is 1. The monoisotopic (exact) mass is 418 g/mol. The lowest BCUT2D eigenvalue weighted by Crippen LogP contribution is -2.43. The zero-order chi connectivity index (χ0) is 21.2. The van der Waals surface area contributed by atoms with E-state index in [9.17, 15) is 18.3 Å². The summed E-state index contributed by atoms with van der Waals surface area (Å²) in [5, 5.41) is 13.9. The molecule has 7 nitrogen and oxygen atoms in total. The van der Waals surface area contributed by atoms with Crippen molar-refractivity contribution in [1.29, 1.82) is 0 Å². The maximum atomic E-state index is 12.5. The molecule has 0 unspecified atom stereocenters. The summed E-state index contributed by atoms with van der Waals surface area (Å²) in [7, 11) is 0.962. The second-order valence-electron chi connectivity index (χ2n) is 7.40. The van der Waals surface area contributed by atoms with Crippen LogP contribution in [-0.2, 0) is 22.0 Å². The molecule has 2 aromatic rings. The number of nitrogens with one attached hydrogen (secondary N) is 1. The quantitative estimate of drug-likeness (QED) is 0.747. The van der Waals surface area contributed by atoms with Gasteiger partial charge in [-0.25, -0.2) is 12.7 Å². The van der Waals surface area contributed by atoms with Gasteiger partial charge in [0.15, 0.2) is 0 Å². The van der Waals surface area contributed by atoms with Crippen molar-refractivity contribution in [3.05, 3.63) is 59.2 Å². The average molecular weight is 419 g/mol. The summed E-state index contributed by atoms with van der Waals surface area (Å²) in [5.74, 6) is 0.373. The Hall–Kier alpha value is -2.42. The molecule has 0 spiro atoms. The summed E-state index contributed by atoms with van der Waals surface area (Å²) in [4.78, 5) is 12.7. The highest BCUT2D eigenvalue weighted by Crippen LogP contribution is 2.36. The maximum Gasteiger partial charge on any atom is 0.251 e. The zero-order valence-electron chi connectivity index (χ0n) is 16.8. The van der Waals surface area contributed by atoms with Crippen molar-refractivity contribution < 1.29 is 23.1 Å². The number of benzene rings is 2. The fourth-order valence-corrected chi connectivity index (χ4v) is 4.47. The molecule has 29 heavy (non-hydrogen) atoms. The lowest BCUT2D eigenvalue weighted by molar-refractivity contribution is 0.0189. The van der Waals surface area contributed by atoms with Crippen LogP contribution in [0, 0.1) is 0 Å². The largest absolute Gasteiger partial charge is 0.497 e. The third-order valence-electron chi connectivity index (χ3n) is 5.29. The molecule has 1 atom stereocenters. The van der Waals surface area contributed by atoms with Crippen molar-refractivity contribution in [3.63, 3.8) is 0 Å². The van der Waals surface area contributed by atoms with Gasteiger partial charge in [0, 0.05) is 19.7 Å². The highest BCUT2D eigenvalue weighted by atomic mass is 32.2. The molecule has 0 saturated carbocycles. The van der Waals surface area contributed by atoms with Crippen LogP contribution < -0.4 is 10.1 Å². The molecule has 2 aromatic carbocycles. The molecule has 8 heteroatoms. The SMILES string of the molecule is COc1ccc2c(c1)CCC[C@]2(O)CNC(=O)c1ccc(S(=O)(=O)N(C)C)cc1. The highest BCUT2D eigenvalue weighted by molar-refractivity contribution is 7.89. The summed E-state index contributed by atoms with van der Waals surface area (Å²) in [5.41, 5.74) is 1.00. The van der Waals surface area contributed by atoms with E-state index < -0.39 is 15.6 Å². The van der Waals surface area contributed by atoms with Crippen LogP contribution >= 0.6 is 0 Å². The van der Waals surface area contributed by atoms with Crippen molar-refractivity contribution in [3.8, 4) is 5.75 Å². The number of fused-ring (bicyclic) bond motifs is 1. The minimum absolute atomic E-state index is 0.0723. The summed E-state index contributed by atoms with van der Waals surface area (Å²) < 4.78 is 30.6. The summed E-state index contributed by atoms with van der Waals surface area (Å²) in [6.07, 6.45) is 2.21. The Kier molecular flexibility index (Phi) is 5.97. The minimum Gasteiger partial charge on any atom is -0.497 e. The van der Waals surface area contributed by atoms with Gasteiger partial charge in [0.05, 0.1) is 18.6 Å². The molecule has 0 aliphatic heterocycles. The number of hydrogen-bond donors (Lipinski definition) is 2. The Balaban J connectivity index is 1.73. The van der Waals surface area contributed by atoms with E-state index in [1.165, 1.54) is 38.4 Å². The molecule has 0 heterocycles. The molecule has 156 valence electrons. The van der Waals surface area contributed by atoms with Gasteiger partial charge < -0.3 is 15.2 Å². The number of rotatable bonds is 6. The summed E-state index contributed by atoms with van der Waals surface area (Å²) in [6, 6.07) is 11.3. The van der Waals surface area contributed by atoms with Crippen molar-refractivity contribution in [2.45, 2.75) is 29.8 Å². The van der Waals surface area contributed by atoms with Gasteiger partial charge in [-0.1, -0.05) is 6.07 Å². The normalized spacial score (nSPS) is 18.9. The van der Waals surface area contributed by atoms with Crippen LogP contribution in [0.3, 0.4) is 0 Å². The maximum absolute atomic E-state index is 12.5. The lowest BCUT2D eigenvalue weighted by atomic mass is 9.79. The number of ether oxygens (including phenoxy) is 1. The van der Waals surface area contributed by atoms with Gasteiger partial charge in [-0.2, -0.15) is 0 Å². The number of aliphatic hydroxyl groups is 1. The van der Waals surface area contributed by atoms with Crippen LogP contribution in [-0.4, -0.2) is 51.5 Å². The van der Waals surface area contributed by atoms with Gasteiger partial charge in [0.2, 0.25) is 10.0 Å². The van der Waals surface area contributed by atoms with E-state index in [1.54, 1.807) is 13.2 Å². The van der Waals surface area contributed by atoms with Crippen molar-refractivity contribution in [2.24, 2.45) is 0 Å². The molecule has 2 N–H and O–H groups in total. The Labute approximate surface area is 171 Å². The predicted octanol–water partition coefficient (Wildman–Crippen LogP) is 1.90. The first-order valence-corrected chi connectivity index (χ1v) is 10.8. The van der Waals surface area contributed by atoms with Gasteiger partial charge in [0.1, 0.15) is 11.4 Å². The number of carbonyl (C=O) groups is 1. The molecular formula is C21H26N2O5S. The predicted molar refractivity (Wildman–Crippen MR) is 109 cm³/mol. The summed E-state index contributed by atoms with van der Waals surface area (Å²) in [6.45, 7) is 0.0723. The van der Waals surface area contributed by atoms with E-state index in [2.05, 4.69) is 5.32 Å². The molecule has 0 radical (unpaired) electrons. The molecule has 0 aromatic heterocycles. The van der Waals surface area contributed by atoms with Crippen LogP contribution in [0.5, 0.6) is 5.75 Å². The third-order valence-corrected chi connectivity index (χ3v) is 7.12. The van der Waals surface area contributed by atoms with Crippen LogP contribution in [0.2, 0.25) is 0 Å². The first-order chi connectivity index (χ1) is 13.7. The number of carbonyl (C=O) groups excluding carboxylic acids is 1. The van der Waals surface area contributed by atoms with Crippen LogP contribution in [0.4, 0.5) is 0 Å². The fraction of sp³-hybridized carbons (Fsp3) is 0.381. The van der Waals surface area contributed by atoms with E-state index >= 15 is 0 Å². The van der Waals surface area contributed by atoms with E-state index in [1.807, 2.05) is 12.1 Å². The first-order valence-electron chi connectivity index (χ1n) is 9.38. The van der Waals surface area contributed by atoms with Crippen LogP contribution in [0.1, 0.15) is 34.3 Å². The van der Waals surface area contributed by atoms with Gasteiger partial charge in [-0.05, 0) is 66.8 Å². The van der Waals surface area contributed by atoms with Crippen molar-refractivity contribution >= 4 is 15.9 Å². The van der Waals surface area contributed by atoms with E-state index in [-0.39, 0.29) is 17.3 Å². The molecule has 0 fully saturated rings. The van der Waals surface area contributed by atoms with E-state index in [0.29, 0.717) is 12.0 Å². The molecule has 0 bridgehead atoms. The number of methoxy groups -OCH3 is 1. The zero-order valence-corrected chi connectivity index (χ0v) is 17.6. The molecule has 1 amide bonds. The fourth-order valence-electron chi connectivity index (χ4n) is 3.57. The highest BCUT2D eigenvalue weighted by Gasteiger charge is 2.35. The number of amides is 1. The Morgan fingerprint density at radius 3 is 2.52 bits per heavy atom. The van der Waals surface area contributed by atoms with Crippen LogP contribution in [0.15, 0.2) is 47.4 Å². The van der Waals surface area contributed by atoms with Gasteiger partial charge in [0.25, 0.3) is 5.91 Å². The molecule has 1 aliphatic rings. The number of aryl methyl sites for hydroxylation is 1. The lowest BCUT2D eigenvalue weighted by Gasteiger charge is -2.35. The topological polar surface area (TPSA) is 95.9 Å². The minimum atomic E-state index is -3.55. The van der Waals surface area contributed by atoms with Crippen molar-refractivity contribution in [2.75, 3.05) is 27.7 Å². The second-order valence-corrected chi connectivity index (χ2v) is 9.55. The van der Waals surface area contributed by atoms with Gasteiger partial charge >= 0.3 is 0 Å². The summed E-state index contributed by atoms with van der Waals surface area (Å²) >= 11 is 0. The molecule has 0 saturated heterocycles. The van der Waals surface area contributed by atoms with Crippen LogP contribution in [0.25, 0.3) is 0 Å². The number of hydrogen-bond acceptors (Lipinski definition) is 5. The van der Waals surface area contributed by atoms with Gasteiger partial charge in [-0.15, -0.1) is 0 Å². The molecular weight excluding hydrogens is 392 g/mol. The number of sulfonamides is 1. The molecule has 1 aliphatic carbocycles. The second kappa shape index (κ2) is 8.14. The standard InChI is InChI=1S/C21H26N2O5S/c1-23(2)29(26,27)18-9-6-15(7-10-18)20(24)22-14-21(25)12-4-5-16-13-17(28-3)8-11-19(16)21/h6-11,13,25H,4-5,12,14H2,1-3H3,(H,22,24)/t21-/m0/s1. The van der Waals surface area contributed by atoms with E-state index in [4.69, 9.17) is 4.74 Å². The molecule has 3 rings (SSSR count). The smallest absolute Gasteiger partial charge is 0.251 e.